The van der Waals surface area contributed by atoms with Gasteiger partial charge < -0.3 is 10.1 Å². The minimum Gasteiger partial charge on any atom is -0.489 e. The van der Waals surface area contributed by atoms with Gasteiger partial charge in [0, 0.05) is 28.4 Å². The van der Waals surface area contributed by atoms with Gasteiger partial charge in [-0.2, -0.15) is 0 Å². The van der Waals surface area contributed by atoms with Crippen molar-refractivity contribution in [2.45, 2.75) is 26.9 Å². The third-order valence-electron chi connectivity index (χ3n) is 3.16. The highest BCUT2D eigenvalue weighted by atomic mass is 32.1. The fourth-order valence-corrected chi connectivity index (χ4v) is 3.02. The van der Waals surface area contributed by atoms with Crippen LogP contribution in [0.5, 0.6) is 5.75 Å². The number of rotatable bonds is 7. The summed E-state index contributed by atoms with van der Waals surface area (Å²) in [6.45, 7) is 10.3. The lowest BCUT2D eigenvalue weighted by molar-refractivity contribution is 0.358. The Morgan fingerprint density at radius 1 is 1.25 bits per heavy atom. The number of para-hydroxylation sites is 1. The molecule has 0 saturated heterocycles. The summed E-state index contributed by atoms with van der Waals surface area (Å²) in [6, 6.07) is 10.4. The van der Waals surface area contributed by atoms with Crippen molar-refractivity contribution in [3.05, 3.63) is 63.9 Å². The molecule has 20 heavy (non-hydrogen) atoms. The SMILES string of the molecule is C=CCOc1ccccc1CNCc1cc(C)c(C)s1. The second-order valence-corrected chi connectivity index (χ2v) is 6.10. The smallest absolute Gasteiger partial charge is 0.124 e. The normalized spacial score (nSPS) is 10.5. The zero-order valence-corrected chi connectivity index (χ0v) is 12.9. The summed E-state index contributed by atoms with van der Waals surface area (Å²) in [6.07, 6.45) is 1.77. The molecule has 1 aromatic heterocycles. The monoisotopic (exact) mass is 287 g/mol. The van der Waals surface area contributed by atoms with Gasteiger partial charge in [0.2, 0.25) is 0 Å². The van der Waals surface area contributed by atoms with E-state index in [2.05, 4.69) is 37.9 Å². The van der Waals surface area contributed by atoms with Crippen molar-refractivity contribution in [2.75, 3.05) is 6.61 Å². The minimum atomic E-state index is 0.542. The molecule has 1 aromatic carbocycles. The lowest BCUT2D eigenvalue weighted by Crippen LogP contribution is -2.12. The Bertz CT molecular complexity index is 555. The van der Waals surface area contributed by atoms with Crippen molar-refractivity contribution in [3.8, 4) is 5.75 Å². The van der Waals surface area contributed by atoms with E-state index in [0.717, 1.165) is 18.8 Å². The van der Waals surface area contributed by atoms with Gasteiger partial charge in [-0.15, -0.1) is 11.3 Å². The molecule has 3 heteroatoms. The third kappa shape index (κ3) is 3.95. The van der Waals surface area contributed by atoms with Gasteiger partial charge in [0.05, 0.1) is 0 Å². The maximum Gasteiger partial charge on any atom is 0.124 e. The standard InChI is InChI=1S/C17H21NOS/c1-4-9-19-17-8-6-5-7-15(17)11-18-12-16-10-13(2)14(3)20-16/h4-8,10,18H,1,9,11-12H2,2-3H3. The first-order chi connectivity index (χ1) is 9.70. The predicted molar refractivity (Wildman–Crippen MR) is 86.5 cm³/mol. The van der Waals surface area contributed by atoms with Crippen LogP contribution in [-0.4, -0.2) is 6.61 Å². The largest absolute Gasteiger partial charge is 0.489 e. The molecule has 0 aliphatic carbocycles. The van der Waals surface area contributed by atoms with Crippen molar-refractivity contribution in [2.24, 2.45) is 0 Å². The molecule has 0 amide bonds. The molecular weight excluding hydrogens is 266 g/mol. The van der Waals surface area contributed by atoms with Crippen LogP contribution >= 0.6 is 11.3 Å². The molecule has 0 fully saturated rings. The summed E-state index contributed by atoms with van der Waals surface area (Å²) < 4.78 is 5.66. The highest BCUT2D eigenvalue weighted by molar-refractivity contribution is 7.12. The minimum absolute atomic E-state index is 0.542. The van der Waals surface area contributed by atoms with Crippen molar-refractivity contribution >= 4 is 11.3 Å². The number of thiophene rings is 1. The number of hydrogen-bond donors (Lipinski definition) is 1. The van der Waals surface area contributed by atoms with Gasteiger partial charge in [0.15, 0.2) is 0 Å². The molecule has 2 nitrogen and oxygen atoms in total. The van der Waals surface area contributed by atoms with Crippen molar-refractivity contribution in [3.63, 3.8) is 0 Å². The number of benzene rings is 1. The summed E-state index contributed by atoms with van der Waals surface area (Å²) in [4.78, 5) is 2.78. The van der Waals surface area contributed by atoms with Crippen LogP contribution in [0.4, 0.5) is 0 Å². The maximum atomic E-state index is 5.66. The fourth-order valence-electron chi connectivity index (χ4n) is 2.00. The molecule has 0 spiro atoms. The van der Waals surface area contributed by atoms with Gasteiger partial charge >= 0.3 is 0 Å². The zero-order valence-electron chi connectivity index (χ0n) is 12.1. The van der Waals surface area contributed by atoms with Crippen LogP contribution in [0.3, 0.4) is 0 Å². The van der Waals surface area contributed by atoms with Gasteiger partial charge in [0.25, 0.3) is 0 Å². The van der Waals surface area contributed by atoms with E-state index in [1.54, 1.807) is 6.08 Å². The van der Waals surface area contributed by atoms with Crippen molar-refractivity contribution in [1.29, 1.82) is 0 Å². The first-order valence-corrected chi connectivity index (χ1v) is 7.60. The van der Waals surface area contributed by atoms with Gasteiger partial charge in [-0.25, -0.2) is 0 Å². The van der Waals surface area contributed by atoms with E-state index in [1.807, 2.05) is 29.5 Å². The Labute approximate surface area is 125 Å². The maximum absolute atomic E-state index is 5.66. The lowest BCUT2D eigenvalue weighted by Gasteiger charge is -2.10. The quantitative estimate of drug-likeness (QED) is 0.770. The first-order valence-electron chi connectivity index (χ1n) is 6.79. The van der Waals surface area contributed by atoms with Crippen molar-refractivity contribution < 1.29 is 4.74 Å². The van der Waals surface area contributed by atoms with E-state index in [9.17, 15) is 0 Å². The molecule has 1 N–H and O–H groups in total. The highest BCUT2D eigenvalue weighted by Gasteiger charge is 2.04. The molecular formula is C17H21NOS. The van der Waals surface area contributed by atoms with E-state index < -0.39 is 0 Å². The molecule has 0 saturated carbocycles. The second-order valence-electron chi connectivity index (χ2n) is 4.76. The lowest BCUT2D eigenvalue weighted by atomic mass is 10.2. The Balaban J connectivity index is 1.91. The Morgan fingerprint density at radius 3 is 2.75 bits per heavy atom. The van der Waals surface area contributed by atoms with Crippen LogP contribution in [0.25, 0.3) is 0 Å². The van der Waals surface area contributed by atoms with Gasteiger partial charge in [-0.1, -0.05) is 30.9 Å². The number of nitrogens with one attached hydrogen (secondary N) is 1. The average molecular weight is 287 g/mol. The molecule has 2 aromatic rings. The molecule has 2 rings (SSSR count). The average Bonchev–Trinajstić information content (AvgIpc) is 2.76. The van der Waals surface area contributed by atoms with Gasteiger partial charge in [0.1, 0.15) is 12.4 Å². The van der Waals surface area contributed by atoms with E-state index >= 15 is 0 Å². The van der Waals surface area contributed by atoms with Crippen LogP contribution in [-0.2, 0) is 13.1 Å². The van der Waals surface area contributed by atoms with E-state index in [-0.39, 0.29) is 0 Å². The summed E-state index contributed by atoms with van der Waals surface area (Å²) in [5, 5.41) is 3.48. The summed E-state index contributed by atoms with van der Waals surface area (Å²) in [5.41, 5.74) is 2.56. The van der Waals surface area contributed by atoms with Crippen LogP contribution in [0.15, 0.2) is 43.0 Å². The zero-order chi connectivity index (χ0) is 14.4. The van der Waals surface area contributed by atoms with E-state index in [4.69, 9.17) is 4.74 Å². The Kier molecular flexibility index (Phi) is 5.39. The van der Waals surface area contributed by atoms with Gasteiger partial charge in [-0.3, -0.25) is 0 Å². The molecule has 0 atom stereocenters. The molecule has 0 radical (unpaired) electrons. The molecule has 0 unspecified atom stereocenters. The first kappa shape index (κ1) is 14.8. The number of aryl methyl sites for hydroxylation is 2. The summed E-state index contributed by atoms with van der Waals surface area (Å²) >= 11 is 1.86. The fraction of sp³-hybridized carbons (Fsp3) is 0.294. The van der Waals surface area contributed by atoms with Crippen LogP contribution in [0.2, 0.25) is 0 Å². The third-order valence-corrected chi connectivity index (χ3v) is 4.31. The van der Waals surface area contributed by atoms with Crippen LogP contribution in [0, 0.1) is 13.8 Å². The van der Waals surface area contributed by atoms with Gasteiger partial charge in [-0.05, 0) is 31.5 Å². The molecule has 0 aliphatic heterocycles. The molecule has 1 heterocycles. The molecule has 106 valence electrons. The van der Waals surface area contributed by atoms with E-state index in [1.165, 1.54) is 20.9 Å². The van der Waals surface area contributed by atoms with Crippen LogP contribution < -0.4 is 10.1 Å². The molecule has 0 bridgehead atoms. The highest BCUT2D eigenvalue weighted by Crippen LogP contribution is 2.21. The van der Waals surface area contributed by atoms with Crippen LogP contribution in [0.1, 0.15) is 20.9 Å². The molecule has 0 aliphatic rings. The van der Waals surface area contributed by atoms with E-state index in [0.29, 0.717) is 6.61 Å². The second kappa shape index (κ2) is 7.27. The Hall–Kier alpha value is -1.58. The Morgan fingerprint density at radius 2 is 2.05 bits per heavy atom. The predicted octanol–water partition coefficient (Wildman–Crippen LogP) is 4.22. The number of ether oxygens (including phenoxy) is 1. The number of hydrogen-bond acceptors (Lipinski definition) is 3. The summed E-state index contributed by atoms with van der Waals surface area (Å²) in [7, 11) is 0. The topological polar surface area (TPSA) is 21.3 Å². The van der Waals surface area contributed by atoms with Crippen molar-refractivity contribution in [1.82, 2.24) is 5.32 Å². The summed E-state index contributed by atoms with van der Waals surface area (Å²) in [5.74, 6) is 0.929.